The van der Waals surface area contributed by atoms with Crippen molar-refractivity contribution in [3.63, 3.8) is 0 Å². The number of hydrogen-bond donors (Lipinski definition) is 1. The third kappa shape index (κ3) is 4.11. The van der Waals surface area contributed by atoms with E-state index in [1.54, 1.807) is 0 Å². The van der Waals surface area contributed by atoms with E-state index in [9.17, 15) is 0 Å². The van der Waals surface area contributed by atoms with Crippen molar-refractivity contribution in [2.75, 3.05) is 26.2 Å². The van der Waals surface area contributed by atoms with Crippen LogP contribution in [-0.4, -0.2) is 31.1 Å². The molecule has 0 radical (unpaired) electrons. The fourth-order valence-corrected chi connectivity index (χ4v) is 2.69. The largest absolute Gasteiger partial charge is 0.309 e. The molecule has 2 heteroatoms. The molecule has 1 aliphatic rings. The summed E-state index contributed by atoms with van der Waals surface area (Å²) in [5, 5.41) is 3.69. The first-order valence-corrected chi connectivity index (χ1v) is 7.41. The van der Waals surface area contributed by atoms with Gasteiger partial charge in [-0.25, -0.2) is 0 Å². The summed E-state index contributed by atoms with van der Waals surface area (Å²) in [5.74, 6) is 0. The van der Waals surface area contributed by atoms with Crippen LogP contribution in [0.1, 0.15) is 44.2 Å². The highest BCUT2D eigenvalue weighted by atomic mass is 15.1. The SMILES string of the molecule is CCCN[C@H](CN1CCCCC1)c1ccccc1. The summed E-state index contributed by atoms with van der Waals surface area (Å²) in [6, 6.07) is 11.4. The number of nitrogens with zero attached hydrogens (tertiary/aromatic N) is 1. The van der Waals surface area contributed by atoms with E-state index in [0.29, 0.717) is 6.04 Å². The van der Waals surface area contributed by atoms with E-state index in [-0.39, 0.29) is 0 Å². The van der Waals surface area contributed by atoms with Gasteiger partial charge in [0.05, 0.1) is 0 Å². The van der Waals surface area contributed by atoms with Crippen molar-refractivity contribution >= 4 is 0 Å². The molecule has 1 aromatic rings. The summed E-state index contributed by atoms with van der Waals surface area (Å²) in [6.45, 7) is 7.04. The summed E-state index contributed by atoms with van der Waals surface area (Å²) in [4.78, 5) is 2.61. The van der Waals surface area contributed by atoms with E-state index in [0.717, 1.165) is 13.1 Å². The maximum Gasteiger partial charge on any atom is 0.0449 e. The molecule has 1 N–H and O–H groups in total. The maximum atomic E-state index is 3.69. The molecule has 1 aliphatic heterocycles. The van der Waals surface area contributed by atoms with Crippen molar-refractivity contribution in [1.82, 2.24) is 10.2 Å². The van der Waals surface area contributed by atoms with Gasteiger partial charge in [-0.1, -0.05) is 43.7 Å². The van der Waals surface area contributed by atoms with Crippen molar-refractivity contribution in [1.29, 1.82) is 0 Å². The molecule has 0 unspecified atom stereocenters. The van der Waals surface area contributed by atoms with Crippen LogP contribution < -0.4 is 5.32 Å². The summed E-state index contributed by atoms with van der Waals surface area (Å²) >= 11 is 0. The molecule has 2 nitrogen and oxygen atoms in total. The quantitative estimate of drug-likeness (QED) is 0.829. The Balaban J connectivity index is 1.95. The molecule has 0 bridgehead atoms. The van der Waals surface area contributed by atoms with Crippen LogP contribution in [0.5, 0.6) is 0 Å². The molecule has 0 saturated carbocycles. The van der Waals surface area contributed by atoms with Crippen molar-refractivity contribution in [2.24, 2.45) is 0 Å². The lowest BCUT2D eigenvalue weighted by Crippen LogP contribution is -2.38. The lowest BCUT2D eigenvalue weighted by atomic mass is 10.0. The Bertz CT molecular complexity index is 317. The van der Waals surface area contributed by atoms with Crippen molar-refractivity contribution in [3.8, 4) is 0 Å². The van der Waals surface area contributed by atoms with Crippen molar-refractivity contribution in [2.45, 2.75) is 38.6 Å². The normalized spacial score (nSPS) is 18.7. The molecule has 100 valence electrons. The van der Waals surface area contributed by atoms with Crippen LogP contribution >= 0.6 is 0 Å². The minimum Gasteiger partial charge on any atom is -0.309 e. The average molecular weight is 246 g/mol. The molecule has 0 aromatic heterocycles. The zero-order valence-corrected chi connectivity index (χ0v) is 11.6. The maximum absolute atomic E-state index is 3.69. The van der Waals surface area contributed by atoms with Gasteiger partial charge in [0.2, 0.25) is 0 Å². The van der Waals surface area contributed by atoms with E-state index < -0.39 is 0 Å². The summed E-state index contributed by atoms with van der Waals surface area (Å²) in [7, 11) is 0. The zero-order chi connectivity index (χ0) is 12.6. The number of benzene rings is 1. The molecule has 0 amide bonds. The molecule has 0 spiro atoms. The third-order valence-electron chi connectivity index (χ3n) is 3.73. The third-order valence-corrected chi connectivity index (χ3v) is 3.73. The van der Waals surface area contributed by atoms with Gasteiger partial charge in [0.15, 0.2) is 0 Å². The standard InChI is InChI=1S/C16H26N2/c1-2-11-17-16(15-9-5-3-6-10-15)14-18-12-7-4-8-13-18/h3,5-6,9-10,16-17H,2,4,7-8,11-14H2,1H3/t16-/m1/s1. The van der Waals surface area contributed by atoms with Crippen molar-refractivity contribution in [3.05, 3.63) is 35.9 Å². The molecular weight excluding hydrogens is 220 g/mol. The molecular formula is C16H26N2. The molecule has 1 atom stereocenters. The number of likely N-dealkylation sites (tertiary alicyclic amines) is 1. The Morgan fingerprint density at radius 2 is 1.83 bits per heavy atom. The van der Waals surface area contributed by atoms with Crippen LogP contribution in [0, 0.1) is 0 Å². The Labute approximate surface area is 111 Å². The van der Waals surface area contributed by atoms with E-state index in [1.165, 1.54) is 44.3 Å². The van der Waals surface area contributed by atoms with E-state index >= 15 is 0 Å². The number of piperidine rings is 1. The van der Waals surface area contributed by atoms with Crippen LogP contribution in [-0.2, 0) is 0 Å². The molecule has 18 heavy (non-hydrogen) atoms. The van der Waals surface area contributed by atoms with Crippen LogP contribution in [0.3, 0.4) is 0 Å². The fourth-order valence-electron chi connectivity index (χ4n) is 2.69. The van der Waals surface area contributed by atoms with E-state index in [4.69, 9.17) is 0 Å². The van der Waals surface area contributed by atoms with Crippen LogP contribution in [0.25, 0.3) is 0 Å². The highest BCUT2D eigenvalue weighted by molar-refractivity contribution is 5.19. The Morgan fingerprint density at radius 1 is 1.11 bits per heavy atom. The highest BCUT2D eigenvalue weighted by Gasteiger charge is 2.17. The van der Waals surface area contributed by atoms with Gasteiger partial charge in [-0.05, 0) is 44.5 Å². The molecule has 1 heterocycles. The van der Waals surface area contributed by atoms with Gasteiger partial charge in [-0.15, -0.1) is 0 Å². The minimum atomic E-state index is 0.490. The predicted molar refractivity (Wildman–Crippen MR) is 77.8 cm³/mol. The van der Waals surface area contributed by atoms with Gasteiger partial charge in [-0.3, -0.25) is 0 Å². The molecule has 1 saturated heterocycles. The lowest BCUT2D eigenvalue weighted by molar-refractivity contribution is 0.205. The summed E-state index contributed by atoms with van der Waals surface area (Å²) in [5.41, 5.74) is 1.43. The second-order valence-electron chi connectivity index (χ2n) is 5.28. The van der Waals surface area contributed by atoms with Gasteiger partial charge in [-0.2, -0.15) is 0 Å². The van der Waals surface area contributed by atoms with Gasteiger partial charge in [0, 0.05) is 12.6 Å². The van der Waals surface area contributed by atoms with Gasteiger partial charge >= 0.3 is 0 Å². The second kappa shape index (κ2) is 7.55. The minimum absolute atomic E-state index is 0.490. The van der Waals surface area contributed by atoms with Crippen LogP contribution in [0.15, 0.2) is 30.3 Å². The van der Waals surface area contributed by atoms with E-state index in [2.05, 4.69) is 47.5 Å². The molecule has 0 aliphatic carbocycles. The smallest absolute Gasteiger partial charge is 0.0449 e. The zero-order valence-electron chi connectivity index (χ0n) is 11.6. The monoisotopic (exact) mass is 246 g/mol. The highest BCUT2D eigenvalue weighted by Crippen LogP contribution is 2.17. The fraction of sp³-hybridized carbons (Fsp3) is 0.625. The summed E-state index contributed by atoms with van der Waals surface area (Å²) < 4.78 is 0. The first-order chi connectivity index (χ1) is 8.90. The predicted octanol–water partition coefficient (Wildman–Crippen LogP) is 3.21. The molecule has 1 aromatic carbocycles. The molecule has 2 rings (SSSR count). The molecule has 1 fully saturated rings. The van der Waals surface area contributed by atoms with Gasteiger partial charge in [0.1, 0.15) is 0 Å². The number of nitrogens with one attached hydrogen (secondary N) is 1. The Hall–Kier alpha value is -0.860. The summed E-state index contributed by atoms with van der Waals surface area (Å²) in [6.07, 6.45) is 5.35. The first kappa shape index (κ1) is 13.6. The average Bonchev–Trinajstić information content (AvgIpc) is 2.45. The van der Waals surface area contributed by atoms with Crippen LogP contribution in [0.2, 0.25) is 0 Å². The number of hydrogen-bond acceptors (Lipinski definition) is 2. The topological polar surface area (TPSA) is 15.3 Å². The van der Waals surface area contributed by atoms with Crippen molar-refractivity contribution < 1.29 is 0 Å². The first-order valence-electron chi connectivity index (χ1n) is 7.41. The Kier molecular flexibility index (Phi) is 5.69. The van der Waals surface area contributed by atoms with Gasteiger partial charge < -0.3 is 10.2 Å². The lowest BCUT2D eigenvalue weighted by Gasteiger charge is -2.31. The van der Waals surface area contributed by atoms with Gasteiger partial charge in [0.25, 0.3) is 0 Å². The second-order valence-corrected chi connectivity index (χ2v) is 5.28. The Morgan fingerprint density at radius 3 is 2.50 bits per heavy atom. The number of rotatable bonds is 6. The van der Waals surface area contributed by atoms with Crippen LogP contribution in [0.4, 0.5) is 0 Å². The van der Waals surface area contributed by atoms with E-state index in [1.807, 2.05) is 0 Å².